The van der Waals surface area contributed by atoms with E-state index in [0.717, 1.165) is 18.4 Å². The molecule has 2 N–H and O–H groups in total. The maximum Gasteiger partial charge on any atom is 0.266 e. The number of rotatable bonds is 8. The van der Waals surface area contributed by atoms with Crippen LogP contribution in [0.3, 0.4) is 0 Å². The van der Waals surface area contributed by atoms with Crippen molar-refractivity contribution in [3.63, 3.8) is 0 Å². The first-order valence-electron chi connectivity index (χ1n) is 8.04. The fourth-order valence-electron chi connectivity index (χ4n) is 2.00. The number of hydrogen-bond acceptors (Lipinski definition) is 4. The Kier molecular flexibility index (Phi) is 6.55. The van der Waals surface area contributed by atoms with Crippen molar-refractivity contribution < 1.29 is 17.9 Å². The first kappa shape index (κ1) is 19.0. The quantitative estimate of drug-likeness (QED) is 0.559. The monoisotopic (exact) mass is 362 g/mol. The van der Waals surface area contributed by atoms with Crippen molar-refractivity contribution in [3.05, 3.63) is 59.7 Å². The number of ether oxygens (including phenoxy) is 1. The second-order valence-electron chi connectivity index (χ2n) is 5.60. The normalized spacial score (nSPS) is 11.1. The molecule has 7 heteroatoms. The molecule has 1 amide bonds. The Morgan fingerprint density at radius 2 is 1.68 bits per heavy atom. The minimum Gasteiger partial charge on any atom is -0.494 e. The van der Waals surface area contributed by atoms with Gasteiger partial charge in [-0.05, 0) is 49.7 Å². The van der Waals surface area contributed by atoms with E-state index in [1.54, 1.807) is 36.4 Å². The van der Waals surface area contributed by atoms with E-state index < -0.39 is 15.9 Å². The number of carbonyl (C=O) groups excluding carboxylic acids is 1. The zero-order valence-electron chi connectivity index (χ0n) is 14.3. The maximum absolute atomic E-state index is 12.1. The molecule has 0 aliphatic rings. The molecule has 0 saturated carbocycles. The van der Waals surface area contributed by atoms with Crippen LogP contribution in [0.2, 0.25) is 0 Å². The third-order valence-electron chi connectivity index (χ3n) is 3.51. The first-order chi connectivity index (χ1) is 11.9. The van der Waals surface area contributed by atoms with Gasteiger partial charge in [-0.15, -0.1) is 4.83 Å². The second kappa shape index (κ2) is 8.64. The van der Waals surface area contributed by atoms with Crippen LogP contribution in [-0.2, 0) is 10.0 Å². The summed E-state index contributed by atoms with van der Waals surface area (Å²) in [6, 6.07) is 12.9. The van der Waals surface area contributed by atoms with Crippen molar-refractivity contribution in [2.75, 3.05) is 6.61 Å². The van der Waals surface area contributed by atoms with E-state index in [4.69, 9.17) is 4.74 Å². The number of aryl methyl sites for hydroxylation is 1. The molecule has 0 heterocycles. The SMILES string of the molecule is CCCCOc1ccc(C(=O)NNS(=O)(=O)c2ccc(C)cc2)cc1. The van der Waals surface area contributed by atoms with Gasteiger partial charge in [-0.2, -0.15) is 0 Å². The fraction of sp³-hybridized carbons (Fsp3) is 0.278. The lowest BCUT2D eigenvalue weighted by Crippen LogP contribution is -2.41. The smallest absolute Gasteiger partial charge is 0.266 e. The highest BCUT2D eigenvalue weighted by Gasteiger charge is 2.15. The number of unbranched alkanes of at least 4 members (excludes halogenated alkanes) is 1. The summed E-state index contributed by atoms with van der Waals surface area (Å²) in [5, 5.41) is 0. The highest BCUT2D eigenvalue weighted by atomic mass is 32.2. The zero-order chi connectivity index (χ0) is 18.3. The van der Waals surface area contributed by atoms with Crippen LogP contribution < -0.4 is 15.0 Å². The highest BCUT2D eigenvalue weighted by Crippen LogP contribution is 2.13. The van der Waals surface area contributed by atoms with Crippen molar-refractivity contribution in [3.8, 4) is 5.75 Å². The van der Waals surface area contributed by atoms with Gasteiger partial charge >= 0.3 is 0 Å². The average Bonchev–Trinajstić information content (AvgIpc) is 2.61. The summed E-state index contributed by atoms with van der Waals surface area (Å²) in [6.07, 6.45) is 2.00. The molecule has 0 unspecified atom stereocenters. The van der Waals surface area contributed by atoms with Gasteiger partial charge in [0.05, 0.1) is 11.5 Å². The number of amides is 1. The van der Waals surface area contributed by atoms with Crippen LogP contribution in [0.15, 0.2) is 53.4 Å². The van der Waals surface area contributed by atoms with Crippen LogP contribution in [0, 0.1) is 6.92 Å². The van der Waals surface area contributed by atoms with Crippen LogP contribution >= 0.6 is 0 Å². The van der Waals surface area contributed by atoms with Gasteiger partial charge in [0.15, 0.2) is 0 Å². The molecule has 0 radical (unpaired) electrons. The average molecular weight is 362 g/mol. The van der Waals surface area contributed by atoms with Gasteiger partial charge in [0.25, 0.3) is 15.9 Å². The Hall–Kier alpha value is -2.38. The molecule has 0 aliphatic heterocycles. The van der Waals surface area contributed by atoms with Crippen LogP contribution in [-0.4, -0.2) is 20.9 Å². The van der Waals surface area contributed by atoms with E-state index in [0.29, 0.717) is 17.9 Å². The van der Waals surface area contributed by atoms with Crippen LogP contribution in [0.25, 0.3) is 0 Å². The Balaban J connectivity index is 1.94. The summed E-state index contributed by atoms with van der Waals surface area (Å²) < 4.78 is 29.8. The van der Waals surface area contributed by atoms with Crippen molar-refractivity contribution in [1.29, 1.82) is 0 Å². The zero-order valence-corrected chi connectivity index (χ0v) is 15.1. The maximum atomic E-state index is 12.1. The molecule has 0 atom stereocenters. The lowest BCUT2D eigenvalue weighted by molar-refractivity contribution is 0.0945. The lowest BCUT2D eigenvalue weighted by Gasteiger charge is -2.09. The van der Waals surface area contributed by atoms with E-state index in [1.165, 1.54) is 12.1 Å². The number of hydrogen-bond donors (Lipinski definition) is 2. The van der Waals surface area contributed by atoms with E-state index in [2.05, 4.69) is 17.2 Å². The molecule has 0 fully saturated rings. The molecular weight excluding hydrogens is 340 g/mol. The molecule has 2 aromatic carbocycles. The summed E-state index contributed by atoms with van der Waals surface area (Å²) >= 11 is 0. The predicted octanol–water partition coefficient (Wildman–Crippen LogP) is 2.80. The Bertz CT molecular complexity index is 800. The standard InChI is InChI=1S/C18H22N2O4S/c1-3-4-13-24-16-9-7-15(8-10-16)18(21)19-20-25(22,23)17-11-5-14(2)6-12-17/h5-12,20H,3-4,13H2,1-2H3,(H,19,21). The fourth-order valence-corrected chi connectivity index (χ4v) is 2.84. The Morgan fingerprint density at radius 1 is 1.04 bits per heavy atom. The van der Waals surface area contributed by atoms with Gasteiger partial charge in [-0.1, -0.05) is 31.0 Å². The van der Waals surface area contributed by atoms with Gasteiger partial charge in [0, 0.05) is 5.56 Å². The summed E-state index contributed by atoms with van der Waals surface area (Å²) in [7, 11) is -3.81. The number of nitrogens with one attached hydrogen (secondary N) is 2. The highest BCUT2D eigenvalue weighted by molar-refractivity contribution is 7.89. The number of hydrazine groups is 1. The van der Waals surface area contributed by atoms with Crippen molar-refractivity contribution >= 4 is 15.9 Å². The van der Waals surface area contributed by atoms with Crippen molar-refractivity contribution in [2.45, 2.75) is 31.6 Å². The van der Waals surface area contributed by atoms with Gasteiger partial charge in [-0.25, -0.2) is 8.42 Å². The van der Waals surface area contributed by atoms with Crippen molar-refractivity contribution in [2.24, 2.45) is 0 Å². The van der Waals surface area contributed by atoms with Crippen molar-refractivity contribution in [1.82, 2.24) is 10.3 Å². The van der Waals surface area contributed by atoms with E-state index in [9.17, 15) is 13.2 Å². The van der Waals surface area contributed by atoms with Crippen LogP contribution in [0.1, 0.15) is 35.7 Å². The third kappa shape index (κ3) is 5.58. The molecule has 0 spiro atoms. The Morgan fingerprint density at radius 3 is 2.28 bits per heavy atom. The lowest BCUT2D eigenvalue weighted by atomic mass is 10.2. The van der Waals surface area contributed by atoms with Gasteiger partial charge in [0.2, 0.25) is 0 Å². The molecule has 134 valence electrons. The minimum atomic E-state index is -3.81. The summed E-state index contributed by atoms with van der Waals surface area (Å²) in [5.41, 5.74) is 3.48. The summed E-state index contributed by atoms with van der Waals surface area (Å²) in [6.45, 7) is 4.56. The third-order valence-corrected chi connectivity index (χ3v) is 4.78. The number of sulfonamides is 1. The minimum absolute atomic E-state index is 0.0815. The molecule has 25 heavy (non-hydrogen) atoms. The number of carbonyl (C=O) groups is 1. The molecule has 0 aromatic heterocycles. The summed E-state index contributed by atoms with van der Waals surface area (Å²) in [4.78, 5) is 14.2. The largest absolute Gasteiger partial charge is 0.494 e. The van der Waals surface area contributed by atoms with Gasteiger partial charge in [-0.3, -0.25) is 10.2 Å². The topological polar surface area (TPSA) is 84.5 Å². The molecule has 0 saturated heterocycles. The number of benzene rings is 2. The van der Waals surface area contributed by atoms with Crippen LogP contribution in [0.5, 0.6) is 5.75 Å². The molecule has 2 rings (SSSR count). The van der Waals surface area contributed by atoms with Gasteiger partial charge < -0.3 is 4.74 Å². The summed E-state index contributed by atoms with van der Waals surface area (Å²) in [5.74, 6) is 0.126. The van der Waals surface area contributed by atoms with Crippen LogP contribution in [0.4, 0.5) is 0 Å². The van der Waals surface area contributed by atoms with E-state index in [-0.39, 0.29) is 4.90 Å². The predicted molar refractivity (Wildman–Crippen MR) is 95.8 cm³/mol. The molecule has 0 aliphatic carbocycles. The molecule has 6 nitrogen and oxygen atoms in total. The van der Waals surface area contributed by atoms with E-state index >= 15 is 0 Å². The molecule has 0 bridgehead atoms. The molecular formula is C18H22N2O4S. The first-order valence-corrected chi connectivity index (χ1v) is 9.52. The Labute approximate surface area is 148 Å². The van der Waals surface area contributed by atoms with E-state index in [1.807, 2.05) is 6.92 Å². The molecule has 2 aromatic rings. The second-order valence-corrected chi connectivity index (χ2v) is 7.28. The van der Waals surface area contributed by atoms with Gasteiger partial charge in [0.1, 0.15) is 5.75 Å².